The van der Waals surface area contributed by atoms with Gasteiger partial charge in [0.2, 0.25) is 5.70 Å². The molecular formula is C4H8N4O3. The van der Waals surface area contributed by atoms with Crippen molar-refractivity contribution >= 4 is 5.90 Å². The summed E-state index contributed by atoms with van der Waals surface area (Å²) in [6.07, 6.45) is 0. The summed E-state index contributed by atoms with van der Waals surface area (Å²) in [5.74, 6) is -0.510. The second-order valence-corrected chi connectivity index (χ2v) is 1.94. The Kier molecular flexibility index (Phi) is 1.59. The average molecular weight is 160 g/mol. The van der Waals surface area contributed by atoms with Crippen LogP contribution in [0, 0.1) is 10.4 Å². The summed E-state index contributed by atoms with van der Waals surface area (Å²) in [5.41, 5.74) is 10.3. The Morgan fingerprint density at radius 1 is 1.55 bits per heavy atom. The Bertz CT molecular complexity index is 246. The van der Waals surface area contributed by atoms with E-state index in [9.17, 15) is 10.4 Å². The Labute approximate surface area is 62.3 Å². The highest BCUT2D eigenvalue weighted by Gasteiger charge is 2.35. The molecule has 7 nitrogen and oxygen atoms in total. The van der Waals surface area contributed by atoms with Gasteiger partial charge in [-0.25, -0.2) is 0 Å². The van der Waals surface area contributed by atoms with Crippen molar-refractivity contribution in [2.45, 2.75) is 0 Å². The zero-order valence-corrected chi connectivity index (χ0v) is 5.83. The standard InChI is InChI=1S/C4H8N4O3/c1-11-4-2(5)3(6)7(9)8(4)10/h7H,5-6H2,1H3. The number of nitrogens with two attached hydrogens (primary N) is 2. The smallest absolute Gasteiger partial charge is 0.464 e. The van der Waals surface area contributed by atoms with Crippen molar-refractivity contribution in [2.24, 2.45) is 11.5 Å². The van der Waals surface area contributed by atoms with E-state index in [1.807, 2.05) is 0 Å². The number of nitrogens with one attached hydrogen (secondary N) is 1. The van der Waals surface area contributed by atoms with Crippen LogP contribution in [0.25, 0.3) is 0 Å². The third kappa shape index (κ3) is 0.863. The summed E-state index contributed by atoms with van der Waals surface area (Å²) in [5, 5.41) is 20.6. The minimum atomic E-state index is -0.876. The van der Waals surface area contributed by atoms with Crippen LogP contribution < -0.4 is 16.6 Å². The topological polar surface area (TPSA) is 115 Å². The quantitative estimate of drug-likeness (QED) is 0.257. The fourth-order valence-electron chi connectivity index (χ4n) is 0.734. The van der Waals surface area contributed by atoms with Gasteiger partial charge in [0, 0.05) is 4.85 Å². The molecule has 7 heteroatoms. The number of nitrogens with zero attached hydrogens (tertiary/aromatic N) is 1. The molecule has 0 aromatic rings. The lowest BCUT2D eigenvalue weighted by molar-refractivity contribution is -1.26. The molecule has 1 aliphatic rings. The van der Waals surface area contributed by atoms with E-state index in [1.165, 1.54) is 7.11 Å². The van der Waals surface area contributed by atoms with E-state index < -0.39 is 5.17 Å². The van der Waals surface area contributed by atoms with E-state index in [0.717, 1.165) is 0 Å². The first-order valence-electron chi connectivity index (χ1n) is 2.77. The lowest BCUT2D eigenvalue weighted by Crippen LogP contribution is -3.09. The van der Waals surface area contributed by atoms with Crippen LogP contribution in [-0.2, 0) is 4.74 Å². The minimum Gasteiger partial charge on any atom is -0.568 e. The van der Waals surface area contributed by atoms with Gasteiger partial charge >= 0.3 is 5.90 Å². The number of hydrogen-bond donors (Lipinski definition) is 3. The van der Waals surface area contributed by atoms with Gasteiger partial charge in [-0.05, 0) is 0 Å². The van der Waals surface area contributed by atoms with Gasteiger partial charge in [-0.3, -0.25) is 0 Å². The summed E-state index contributed by atoms with van der Waals surface area (Å²) >= 11 is 0. The van der Waals surface area contributed by atoms with Gasteiger partial charge < -0.3 is 26.6 Å². The average Bonchev–Trinajstić information content (AvgIpc) is 2.17. The monoisotopic (exact) mass is 160 g/mol. The normalized spacial score (nSPS) is 24.7. The van der Waals surface area contributed by atoms with Crippen LogP contribution in [0.1, 0.15) is 0 Å². The summed E-state index contributed by atoms with van der Waals surface area (Å²) in [7, 11) is 1.24. The first-order chi connectivity index (χ1) is 5.09. The maximum atomic E-state index is 10.8. The molecule has 1 heterocycles. The van der Waals surface area contributed by atoms with Crippen LogP contribution in [0.2, 0.25) is 0 Å². The first kappa shape index (κ1) is 7.63. The maximum absolute atomic E-state index is 10.8. The number of methoxy groups -OCH3 is 1. The fraction of sp³-hybridized carbons (Fsp3) is 0.250. The minimum absolute atomic E-state index is 0.0185. The maximum Gasteiger partial charge on any atom is 0.464 e. The Hall–Kier alpha value is -1.47. The zero-order chi connectivity index (χ0) is 8.59. The van der Waals surface area contributed by atoms with E-state index >= 15 is 0 Å². The number of rotatable bonds is 0. The molecule has 1 unspecified atom stereocenters. The Balaban J connectivity index is 3.07. The molecule has 0 spiro atoms. The summed E-state index contributed by atoms with van der Waals surface area (Å²) in [4.78, 5) is 0.0185. The largest absolute Gasteiger partial charge is 0.568 e. The van der Waals surface area contributed by atoms with Crippen molar-refractivity contribution in [3.8, 4) is 0 Å². The fourth-order valence-corrected chi connectivity index (χ4v) is 0.734. The molecule has 0 amide bonds. The summed E-state index contributed by atoms with van der Waals surface area (Å²) in [6, 6.07) is 0. The van der Waals surface area contributed by atoms with E-state index in [2.05, 4.69) is 4.74 Å². The van der Waals surface area contributed by atoms with E-state index in [4.69, 9.17) is 11.5 Å². The molecule has 0 aromatic carbocycles. The first-order valence-corrected chi connectivity index (χ1v) is 2.77. The molecule has 0 saturated carbocycles. The highest BCUT2D eigenvalue weighted by molar-refractivity contribution is 5.89. The third-order valence-corrected chi connectivity index (χ3v) is 1.31. The van der Waals surface area contributed by atoms with Gasteiger partial charge in [-0.15, -0.1) is 0 Å². The molecule has 1 atom stereocenters. The molecule has 0 saturated heterocycles. The van der Waals surface area contributed by atoms with Crippen molar-refractivity contribution in [1.82, 2.24) is 0 Å². The number of hydroxylamine groups is 1. The predicted molar refractivity (Wildman–Crippen MR) is 35.4 cm³/mol. The molecule has 1 rings (SSSR count). The van der Waals surface area contributed by atoms with Gasteiger partial charge in [0.1, 0.15) is 0 Å². The molecule has 62 valence electrons. The van der Waals surface area contributed by atoms with Crippen LogP contribution in [0.4, 0.5) is 0 Å². The second-order valence-electron chi connectivity index (χ2n) is 1.94. The van der Waals surface area contributed by atoms with Crippen LogP contribution in [0.3, 0.4) is 0 Å². The zero-order valence-electron chi connectivity index (χ0n) is 5.83. The molecule has 0 aromatic heterocycles. The molecule has 0 bridgehead atoms. The second kappa shape index (κ2) is 2.29. The molecule has 5 N–H and O–H groups in total. The molecule has 1 aliphatic heterocycles. The van der Waals surface area contributed by atoms with Crippen molar-refractivity contribution in [3.05, 3.63) is 21.9 Å². The van der Waals surface area contributed by atoms with E-state index in [-0.39, 0.29) is 22.3 Å². The molecular weight excluding hydrogens is 152 g/mol. The van der Waals surface area contributed by atoms with Crippen molar-refractivity contribution in [2.75, 3.05) is 7.11 Å². The van der Waals surface area contributed by atoms with Gasteiger partial charge in [-0.2, -0.15) is 0 Å². The molecule has 11 heavy (non-hydrogen) atoms. The van der Waals surface area contributed by atoms with E-state index in [0.29, 0.717) is 0 Å². The summed E-state index contributed by atoms with van der Waals surface area (Å²) in [6.45, 7) is 0. The van der Waals surface area contributed by atoms with Crippen molar-refractivity contribution in [1.29, 1.82) is 0 Å². The Morgan fingerprint density at radius 3 is 2.27 bits per heavy atom. The van der Waals surface area contributed by atoms with E-state index in [1.54, 1.807) is 0 Å². The van der Waals surface area contributed by atoms with Gasteiger partial charge in [0.25, 0.3) is 5.82 Å². The predicted octanol–water partition coefficient (Wildman–Crippen LogP) is -3.06. The molecule has 0 aliphatic carbocycles. The third-order valence-electron chi connectivity index (χ3n) is 1.31. The Morgan fingerprint density at radius 2 is 2.09 bits per heavy atom. The van der Waals surface area contributed by atoms with Gasteiger partial charge in [0.05, 0.1) is 7.11 Å². The molecule has 0 fully saturated rings. The number of hydrogen-bond acceptors (Lipinski definition) is 5. The SMILES string of the molecule is COC1=[N+]([O-])[NH+]([O-])C(N)=C1N. The van der Waals surface area contributed by atoms with Gasteiger partial charge in [0.15, 0.2) is 0 Å². The van der Waals surface area contributed by atoms with Crippen LogP contribution in [0.15, 0.2) is 11.5 Å². The molecule has 0 radical (unpaired) electrons. The highest BCUT2D eigenvalue weighted by atomic mass is 16.7. The van der Waals surface area contributed by atoms with Crippen molar-refractivity contribution in [3.63, 3.8) is 0 Å². The van der Waals surface area contributed by atoms with Gasteiger partial charge in [-0.1, -0.05) is 5.17 Å². The number of ether oxygens (including phenoxy) is 1. The van der Waals surface area contributed by atoms with Crippen LogP contribution in [-0.4, -0.2) is 17.9 Å². The number of quaternary nitrogens is 1. The van der Waals surface area contributed by atoms with Crippen molar-refractivity contribution < 1.29 is 14.8 Å². The van der Waals surface area contributed by atoms with Crippen LogP contribution >= 0.6 is 0 Å². The summed E-state index contributed by atoms with van der Waals surface area (Å²) < 4.78 is 4.52. The lowest BCUT2D eigenvalue weighted by Gasteiger charge is -2.10. The van der Waals surface area contributed by atoms with Crippen LogP contribution in [0.5, 0.6) is 0 Å². The highest BCUT2D eigenvalue weighted by Crippen LogP contribution is 1.95. The lowest BCUT2D eigenvalue weighted by atomic mass is 10.5.